The van der Waals surface area contributed by atoms with Crippen molar-refractivity contribution in [2.24, 2.45) is 0 Å². The molecule has 1 saturated heterocycles. The molecule has 2 aliphatic heterocycles. The first kappa shape index (κ1) is 49.9. The zero-order valence-electron chi connectivity index (χ0n) is 35.9. The predicted molar refractivity (Wildman–Crippen MR) is 238 cm³/mol. The number of unbranched alkanes of at least 4 members (excludes halogenated alkanes) is 1. The average molecular weight is 884 g/mol. The van der Waals surface area contributed by atoms with Crippen LogP contribution in [-0.4, -0.2) is 113 Å². The maximum atomic E-state index is 13.6. The smallest absolute Gasteiger partial charge is 0.328 e. The number of anilines is 1. The van der Waals surface area contributed by atoms with Gasteiger partial charge in [0.25, 0.3) is 0 Å². The summed E-state index contributed by atoms with van der Waals surface area (Å²) in [5, 5.41) is 31.2. The van der Waals surface area contributed by atoms with Crippen LogP contribution >= 0.6 is 0 Å². The molecule has 0 aliphatic carbocycles. The van der Waals surface area contributed by atoms with Gasteiger partial charge in [-0.25, -0.2) is 28.0 Å². The highest BCUT2D eigenvalue weighted by atomic mass is 19.1. The number of fused-ring (bicyclic) bond motifs is 1. The van der Waals surface area contributed by atoms with Gasteiger partial charge in [0.15, 0.2) is 0 Å². The fourth-order valence-corrected chi connectivity index (χ4v) is 7.76. The van der Waals surface area contributed by atoms with Gasteiger partial charge in [-0.1, -0.05) is 60.7 Å². The Labute approximate surface area is 371 Å². The molecule has 0 spiro atoms. The molecule has 0 radical (unpaired) electrons. The molecule has 1 unspecified atom stereocenters. The van der Waals surface area contributed by atoms with Crippen molar-refractivity contribution < 1.29 is 57.9 Å². The van der Waals surface area contributed by atoms with Crippen LogP contribution in [0.1, 0.15) is 60.8 Å². The summed E-state index contributed by atoms with van der Waals surface area (Å²) in [7, 11) is 1.86. The number of aliphatic carboxylic acids is 4. The minimum absolute atomic E-state index is 0.0944. The van der Waals surface area contributed by atoms with Crippen molar-refractivity contribution in [2.45, 2.75) is 50.4 Å². The van der Waals surface area contributed by atoms with Crippen LogP contribution in [0, 0.1) is 11.6 Å². The van der Waals surface area contributed by atoms with Gasteiger partial charge >= 0.3 is 23.9 Å². The van der Waals surface area contributed by atoms with Gasteiger partial charge in [0, 0.05) is 74.7 Å². The minimum atomic E-state index is -1.26. The Bertz CT molecular complexity index is 2130. The van der Waals surface area contributed by atoms with Gasteiger partial charge in [-0.05, 0) is 105 Å². The molecule has 1 amide bonds. The van der Waals surface area contributed by atoms with E-state index in [1.807, 2.05) is 80.7 Å². The second-order valence-corrected chi connectivity index (χ2v) is 15.6. The Morgan fingerprint density at radius 2 is 1.11 bits per heavy atom. The molecule has 4 aromatic carbocycles. The van der Waals surface area contributed by atoms with Gasteiger partial charge in [-0.2, -0.15) is 0 Å². The second-order valence-electron chi connectivity index (χ2n) is 15.6. The number of rotatable bonds is 17. The Morgan fingerprint density at radius 1 is 0.656 bits per heavy atom. The summed E-state index contributed by atoms with van der Waals surface area (Å²) in [5.41, 5.74) is 4.56. The maximum Gasteiger partial charge on any atom is 0.328 e. The van der Waals surface area contributed by atoms with Gasteiger partial charge in [-0.15, -0.1) is 0 Å². The lowest BCUT2D eigenvalue weighted by molar-refractivity contribution is -0.134. The van der Waals surface area contributed by atoms with E-state index in [2.05, 4.69) is 15.9 Å². The van der Waals surface area contributed by atoms with Crippen molar-refractivity contribution in [2.75, 3.05) is 57.8 Å². The molecule has 64 heavy (non-hydrogen) atoms. The zero-order chi connectivity index (χ0) is 46.6. The summed E-state index contributed by atoms with van der Waals surface area (Å²) < 4.78 is 33.5. The molecular weight excluding hydrogens is 829 g/mol. The highest BCUT2D eigenvalue weighted by molar-refractivity contribution is 6.04. The molecule has 2 aliphatic rings. The number of hydrogen-bond acceptors (Lipinski definition) is 8. The van der Waals surface area contributed by atoms with Crippen molar-refractivity contribution >= 4 is 35.5 Å². The van der Waals surface area contributed by atoms with E-state index in [9.17, 15) is 32.8 Å². The van der Waals surface area contributed by atoms with Crippen molar-refractivity contribution in [1.29, 1.82) is 0 Å². The van der Waals surface area contributed by atoms with E-state index >= 15 is 0 Å². The summed E-state index contributed by atoms with van der Waals surface area (Å²) in [6.07, 6.45) is 6.85. The third-order valence-electron chi connectivity index (χ3n) is 11.0. The topological polar surface area (TPSA) is 185 Å². The predicted octanol–water partition coefficient (Wildman–Crippen LogP) is 7.25. The Kier molecular flexibility index (Phi) is 19.4. The first-order chi connectivity index (χ1) is 30.6. The molecule has 4 N–H and O–H groups in total. The molecule has 6 rings (SSSR count). The fourth-order valence-electron chi connectivity index (χ4n) is 7.76. The third-order valence-corrected chi connectivity index (χ3v) is 11.0. The minimum Gasteiger partial charge on any atom is -0.493 e. The molecule has 0 saturated carbocycles. The number of carbonyl (C=O) groups excluding carboxylic acids is 1. The lowest BCUT2D eigenvalue weighted by Crippen LogP contribution is -2.48. The first-order valence-corrected chi connectivity index (χ1v) is 20.9. The van der Waals surface area contributed by atoms with Crippen molar-refractivity contribution in [3.05, 3.63) is 155 Å². The lowest BCUT2D eigenvalue weighted by Gasteiger charge is -2.39. The molecule has 1 atom stereocenters. The number of likely N-dealkylation sites (N-methyl/N-ethyl adjacent to an activating group) is 1. The van der Waals surface area contributed by atoms with Crippen molar-refractivity contribution in [1.82, 2.24) is 9.80 Å². The second kappa shape index (κ2) is 24.8. The van der Waals surface area contributed by atoms with Gasteiger partial charge in [0.05, 0.1) is 12.0 Å². The third kappa shape index (κ3) is 15.6. The van der Waals surface area contributed by atoms with Crippen LogP contribution in [0.2, 0.25) is 0 Å². The van der Waals surface area contributed by atoms with Crippen molar-refractivity contribution in [3.63, 3.8) is 0 Å². The Morgan fingerprint density at radius 3 is 1.61 bits per heavy atom. The van der Waals surface area contributed by atoms with Gasteiger partial charge < -0.3 is 39.9 Å². The van der Waals surface area contributed by atoms with E-state index in [0.29, 0.717) is 37.3 Å². The standard InChI is InChI=1S/C41H47F2N3O2.2C4H4O4/c1-41(30-33-10-3-5-13-38(33)44(2)40(41)47)37-12-4-6-14-39(37)48-29-8-7-23-45-25-27-46(28-26-45)24-9-11-36(31-15-19-34(42)20-16-31)32-17-21-35(43)22-18-32;2*5-3(6)1-2-4(7)8/h3-6,10,12-22,36H,7-9,11,23-30H2,1-2H3;2*1-2H,(H,5,6)(H,7,8)/b;2*2-1-. The zero-order valence-corrected chi connectivity index (χ0v) is 35.9. The molecule has 0 aromatic heterocycles. The summed E-state index contributed by atoms with van der Waals surface area (Å²) in [5.74, 6) is -4.50. The highest BCUT2D eigenvalue weighted by Crippen LogP contribution is 2.42. The van der Waals surface area contributed by atoms with Crippen LogP contribution in [0.4, 0.5) is 14.5 Å². The normalized spacial score (nSPS) is 16.4. The van der Waals surface area contributed by atoms with Crippen LogP contribution < -0.4 is 9.64 Å². The fraction of sp³-hybridized carbons (Fsp3) is 0.327. The van der Waals surface area contributed by atoms with Crippen LogP contribution in [0.25, 0.3) is 0 Å². The Balaban J connectivity index is 0.000000477. The molecule has 1 fully saturated rings. The maximum absolute atomic E-state index is 13.6. The number of halogens is 2. The monoisotopic (exact) mass is 883 g/mol. The van der Waals surface area contributed by atoms with E-state index in [1.165, 1.54) is 29.8 Å². The number of ether oxygens (including phenoxy) is 1. The van der Waals surface area contributed by atoms with Crippen LogP contribution in [0.3, 0.4) is 0 Å². The molecule has 2 heterocycles. The number of hydrogen-bond donors (Lipinski definition) is 4. The van der Waals surface area contributed by atoms with Gasteiger partial charge in [0.2, 0.25) is 5.91 Å². The number of carbonyl (C=O) groups is 5. The van der Waals surface area contributed by atoms with Gasteiger partial charge in [-0.3, -0.25) is 4.79 Å². The SMILES string of the molecule is CN1C(=O)C(C)(c2ccccc2OCCCCN2CCN(CCCC(c3ccc(F)cc3)c3ccc(F)cc3)CC2)Cc2ccccc21.O=C(O)/C=C\C(=O)O.O=C(O)/C=C\C(=O)O. The number of piperazine rings is 1. The van der Waals surface area contributed by atoms with Crippen LogP contribution in [-0.2, 0) is 35.8 Å². The van der Waals surface area contributed by atoms with Crippen LogP contribution in [0.15, 0.2) is 121 Å². The van der Waals surface area contributed by atoms with E-state index in [1.54, 1.807) is 4.90 Å². The Hall–Kier alpha value is -6.71. The number of amides is 1. The molecule has 13 nitrogen and oxygen atoms in total. The molecule has 340 valence electrons. The highest BCUT2D eigenvalue weighted by Gasteiger charge is 2.44. The van der Waals surface area contributed by atoms with E-state index in [4.69, 9.17) is 25.2 Å². The number of carboxylic acid groups (broad SMARTS) is 4. The number of nitrogens with zero attached hydrogens (tertiary/aromatic N) is 3. The molecule has 4 aromatic rings. The first-order valence-electron chi connectivity index (χ1n) is 20.9. The van der Waals surface area contributed by atoms with E-state index < -0.39 is 29.3 Å². The number of para-hydroxylation sites is 2. The van der Waals surface area contributed by atoms with Gasteiger partial charge in [0.1, 0.15) is 17.4 Å². The van der Waals surface area contributed by atoms with Crippen molar-refractivity contribution in [3.8, 4) is 5.75 Å². The summed E-state index contributed by atoms with van der Waals surface area (Å²) >= 11 is 0. The number of benzene rings is 4. The molecular formula is C49H55F2N3O10. The van der Waals surface area contributed by atoms with E-state index in [0.717, 1.165) is 93.1 Å². The van der Waals surface area contributed by atoms with E-state index in [-0.39, 0.29) is 23.5 Å². The molecule has 0 bridgehead atoms. The quantitative estimate of drug-likeness (QED) is 0.0616. The summed E-state index contributed by atoms with van der Waals surface area (Å²) in [4.78, 5) is 58.7. The summed E-state index contributed by atoms with van der Waals surface area (Å²) in [6, 6.07) is 29.6. The van der Waals surface area contributed by atoms with Crippen LogP contribution in [0.5, 0.6) is 5.75 Å². The lowest BCUT2D eigenvalue weighted by atomic mass is 9.73. The summed E-state index contributed by atoms with van der Waals surface area (Å²) in [6.45, 7) is 8.93. The number of carboxylic acids is 4. The average Bonchev–Trinajstić information content (AvgIpc) is 3.27. The molecule has 15 heteroatoms. The largest absolute Gasteiger partial charge is 0.493 e.